The van der Waals surface area contributed by atoms with Crippen molar-refractivity contribution in [3.05, 3.63) is 66.2 Å². The second-order valence-electron chi connectivity index (χ2n) is 7.06. The summed E-state index contributed by atoms with van der Waals surface area (Å²) in [5.74, 6) is 0.242. The molecule has 144 valence electrons. The fraction of sp³-hybridized carbons (Fsp3) is 0.381. The fourth-order valence-corrected chi connectivity index (χ4v) is 4.97. The van der Waals surface area contributed by atoms with E-state index in [4.69, 9.17) is 0 Å². The molecule has 2 aromatic carbocycles. The van der Waals surface area contributed by atoms with Gasteiger partial charge in [0.05, 0.1) is 10.9 Å². The third-order valence-electron chi connectivity index (χ3n) is 5.11. The van der Waals surface area contributed by atoms with E-state index in [-0.39, 0.29) is 17.9 Å². The number of nitrogens with zero attached hydrogens (tertiary/aromatic N) is 1. The first-order chi connectivity index (χ1) is 13.0. The lowest BCUT2D eigenvalue weighted by molar-refractivity contribution is -0.122. The Morgan fingerprint density at radius 3 is 2.19 bits per heavy atom. The largest absolute Gasteiger partial charge is 0.350 e. The fourth-order valence-electron chi connectivity index (χ4n) is 3.48. The molecule has 1 heterocycles. The summed E-state index contributed by atoms with van der Waals surface area (Å²) in [6, 6.07) is 18.4. The van der Waals surface area contributed by atoms with Crippen LogP contribution in [-0.2, 0) is 14.8 Å². The quantitative estimate of drug-likeness (QED) is 0.828. The highest BCUT2D eigenvalue weighted by molar-refractivity contribution is 7.89. The van der Waals surface area contributed by atoms with Crippen LogP contribution in [-0.4, -0.2) is 31.7 Å². The van der Waals surface area contributed by atoms with E-state index in [9.17, 15) is 13.2 Å². The third-order valence-corrected chi connectivity index (χ3v) is 7.02. The zero-order valence-corrected chi connectivity index (χ0v) is 16.4. The molecular formula is C21H26N2O3S. The normalized spacial score (nSPS) is 17.4. The average molecular weight is 387 g/mol. The van der Waals surface area contributed by atoms with Gasteiger partial charge in [-0.3, -0.25) is 4.79 Å². The molecule has 27 heavy (non-hydrogen) atoms. The average Bonchev–Trinajstić information content (AvgIpc) is 2.69. The lowest BCUT2D eigenvalue weighted by atomic mass is 9.94. The Labute approximate surface area is 161 Å². The molecule has 1 saturated heterocycles. The van der Waals surface area contributed by atoms with E-state index in [2.05, 4.69) is 5.32 Å². The van der Waals surface area contributed by atoms with Gasteiger partial charge in [-0.15, -0.1) is 0 Å². The van der Waals surface area contributed by atoms with Crippen molar-refractivity contribution in [2.45, 2.75) is 37.1 Å². The molecule has 1 aliphatic heterocycles. The number of sulfonamides is 1. The lowest BCUT2D eigenvalue weighted by Gasteiger charge is -2.31. The monoisotopic (exact) mass is 386 g/mol. The van der Waals surface area contributed by atoms with Crippen molar-refractivity contribution in [1.82, 2.24) is 9.62 Å². The van der Waals surface area contributed by atoms with Crippen LogP contribution in [0.3, 0.4) is 0 Å². The Hall–Kier alpha value is -2.18. The second kappa shape index (κ2) is 8.67. The van der Waals surface area contributed by atoms with E-state index in [0.717, 1.165) is 5.56 Å². The number of rotatable bonds is 6. The summed E-state index contributed by atoms with van der Waals surface area (Å²) in [6.45, 7) is 2.90. The molecule has 3 rings (SSSR count). The highest BCUT2D eigenvalue weighted by Gasteiger charge is 2.30. The van der Waals surface area contributed by atoms with Gasteiger partial charge in [0.2, 0.25) is 15.9 Å². The van der Waals surface area contributed by atoms with Gasteiger partial charge >= 0.3 is 0 Å². The van der Waals surface area contributed by atoms with Crippen LogP contribution in [0.1, 0.15) is 37.8 Å². The summed E-state index contributed by atoms with van der Waals surface area (Å²) in [5, 5.41) is 3.04. The first-order valence-electron chi connectivity index (χ1n) is 9.36. The van der Waals surface area contributed by atoms with Crippen LogP contribution in [0.2, 0.25) is 0 Å². The number of amides is 1. The molecule has 1 fully saturated rings. The van der Waals surface area contributed by atoms with Gasteiger partial charge in [-0.25, -0.2) is 8.42 Å². The molecule has 0 aromatic heterocycles. The first-order valence-corrected chi connectivity index (χ1v) is 10.8. The summed E-state index contributed by atoms with van der Waals surface area (Å²) in [6.07, 6.45) is 1.86. The summed E-state index contributed by atoms with van der Waals surface area (Å²) in [5.41, 5.74) is 1.08. The number of benzene rings is 2. The predicted octanol–water partition coefficient (Wildman–Crippen LogP) is 3.35. The molecule has 0 spiro atoms. The molecule has 1 amide bonds. The van der Waals surface area contributed by atoms with E-state index in [1.165, 1.54) is 4.31 Å². The van der Waals surface area contributed by atoms with Gasteiger partial charge in [-0.2, -0.15) is 4.31 Å². The number of hydrogen-bond donors (Lipinski definition) is 1. The summed E-state index contributed by atoms with van der Waals surface area (Å²) in [4.78, 5) is 12.7. The van der Waals surface area contributed by atoms with E-state index in [0.29, 0.717) is 37.2 Å². The van der Waals surface area contributed by atoms with Crippen molar-refractivity contribution < 1.29 is 13.2 Å². The van der Waals surface area contributed by atoms with Crippen molar-refractivity contribution in [3.8, 4) is 0 Å². The zero-order chi connectivity index (χ0) is 19.3. The van der Waals surface area contributed by atoms with Gasteiger partial charge in [-0.1, -0.05) is 48.5 Å². The van der Waals surface area contributed by atoms with Crippen molar-refractivity contribution in [2.24, 2.45) is 5.92 Å². The van der Waals surface area contributed by atoms with E-state index < -0.39 is 10.0 Å². The Morgan fingerprint density at radius 1 is 1.04 bits per heavy atom. The topological polar surface area (TPSA) is 66.5 Å². The first kappa shape index (κ1) is 19.6. The van der Waals surface area contributed by atoms with Crippen molar-refractivity contribution >= 4 is 15.9 Å². The minimum atomic E-state index is -3.44. The van der Waals surface area contributed by atoms with Crippen LogP contribution >= 0.6 is 0 Å². The summed E-state index contributed by atoms with van der Waals surface area (Å²) in [7, 11) is -3.44. The molecule has 2 aromatic rings. The Bertz CT molecular complexity index is 846. The minimum Gasteiger partial charge on any atom is -0.350 e. The lowest BCUT2D eigenvalue weighted by Crippen LogP contribution is -2.39. The molecule has 0 bridgehead atoms. The predicted molar refractivity (Wildman–Crippen MR) is 106 cm³/mol. The maximum atomic E-state index is 12.7. The molecule has 0 saturated carbocycles. The van der Waals surface area contributed by atoms with Crippen molar-refractivity contribution in [3.63, 3.8) is 0 Å². The van der Waals surface area contributed by atoms with Crippen LogP contribution in [0.25, 0.3) is 0 Å². The van der Waals surface area contributed by atoms with Gasteiger partial charge in [0.1, 0.15) is 0 Å². The summed E-state index contributed by atoms with van der Waals surface area (Å²) >= 11 is 0. The molecule has 0 unspecified atom stereocenters. The van der Waals surface area contributed by atoms with Crippen LogP contribution in [0.4, 0.5) is 0 Å². The van der Waals surface area contributed by atoms with Gasteiger partial charge in [-0.05, 0) is 43.4 Å². The van der Waals surface area contributed by atoms with Gasteiger partial charge < -0.3 is 5.32 Å². The Balaban J connectivity index is 1.50. The number of nitrogens with one attached hydrogen (secondary N) is 1. The van der Waals surface area contributed by atoms with Crippen LogP contribution < -0.4 is 5.32 Å². The number of hydrogen-bond acceptors (Lipinski definition) is 3. The van der Waals surface area contributed by atoms with Crippen LogP contribution in [0.5, 0.6) is 0 Å². The molecule has 6 heteroatoms. The molecule has 1 atom stereocenters. The van der Waals surface area contributed by atoms with Crippen LogP contribution in [0, 0.1) is 5.92 Å². The van der Waals surface area contributed by atoms with Crippen LogP contribution in [0.15, 0.2) is 65.6 Å². The Kier molecular flexibility index (Phi) is 6.29. The van der Waals surface area contributed by atoms with Gasteiger partial charge in [0.25, 0.3) is 0 Å². The second-order valence-corrected chi connectivity index (χ2v) is 9.00. The van der Waals surface area contributed by atoms with Gasteiger partial charge in [0.15, 0.2) is 0 Å². The number of carbonyl (C=O) groups is 1. The smallest absolute Gasteiger partial charge is 0.243 e. The van der Waals surface area contributed by atoms with Crippen molar-refractivity contribution in [1.29, 1.82) is 0 Å². The molecule has 0 aliphatic carbocycles. The SMILES string of the molecule is C[C@@H](NC(=O)CC1CCN(S(=O)(=O)c2ccccc2)CC1)c1ccccc1. The number of carbonyl (C=O) groups excluding carboxylic acids is 1. The highest BCUT2D eigenvalue weighted by Crippen LogP contribution is 2.26. The van der Waals surface area contributed by atoms with Crippen molar-refractivity contribution in [2.75, 3.05) is 13.1 Å². The van der Waals surface area contributed by atoms with Gasteiger partial charge in [0, 0.05) is 19.5 Å². The molecule has 1 aliphatic rings. The maximum absolute atomic E-state index is 12.7. The molecule has 5 nitrogen and oxygen atoms in total. The summed E-state index contributed by atoms with van der Waals surface area (Å²) < 4.78 is 26.9. The third kappa shape index (κ3) is 4.96. The standard InChI is InChI=1S/C21H26N2O3S/c1-17(19-8-4-2-5-9-19)22-21(24)16-18-12-14-23(15-13-18)27(25,26)20-10-6-3-7-11-20/h2-11,17-18H,12-16H2,1H3,(H,22,24)/t17-/m1/s1. The molecular weight excluding hydrogens is 360 g/mol. The van der Waals surface area contributed by atoms with E-state index >= 15 is 0 Å². The molecule has 0 radical (unpaired) electrons. The minimum absolute atomic E-state index is 0.0238. The number of piperidine rings is 1. The maximum Gasteiger partial charge on any atom is 0.243 e. The highest BCUT2D eigenvalue weighted by atomic mass is 32.2. The van der Waals surface area contributed by atoms with E-state index in [1.807, 2.05) is 37.3 Å². The molecule has 1 N–H and O–H groups in total. The van der Waals surface area contributed by atoms with E-state index in [1.54, 1.807) is 30.3 Å². The Morgan fingerprint density at radius 2 is 1.59 bits per heavy atom. The zero-order valence-electron chi connectivity index (χ0n) is 15.5.